The number of aliphatic carboxylic acids is 1. The lowest BCUT2D eigenvalue weighted by atomic mass is 9.84. The van der Waals surface area contributed by atoms with Crippen molar-refractivity contribution in [2.24, 2.45) is 5.10 Å². The fourth-order valence-electron chi connectivity index (χ4n) is 5.65. The minimum Gasteiger partial charge on any atom is -0.480 e. The summed E-state index contributed by atoms with van der Waals surface area (Å²) < 4.78 is 6.61. The van der Waals surface area contributed by atoms with Crippen LogP contribution >= 0.6 is 0 Å². The van der Waals surface area contributed by atoms with Crippen molar-refractivity contribution in [3.05, 3.63) is 107 Å². The van der Waals surface area contributed by atoms with E-state index in [1.54, 1.807) is 0 Å². The lowest BCUT2D eigenvalue weighted by Gasteiger charge is -2.42. The summed E-state index contributed by atoms with van der Waals surface area (Å²) in [4.78, 5) is 19.3. The molecule has 5 rings (SSSR count). The molecule has 2 unspecified atom stereocenters. The lowest BCUT2D eigenvalue weighted by Crippen LogP contribution is -2.49. The molecule has 216 valence electrons. The van der Waals surface area contributed by atoms with Crippen LogP contribution < -0.4 is 10.9 Å². The number of carboxylic acids is 1. The average Bonchev–Trinajstić information content (AvgIpc) is 3.46. The molecule has 3 aromatic carbocycles. The number of piperidine rings is 1. The number of benzene rings is 3. The SMILES string of the molecule is O=C(O)CN1CCC(CC2CC(c3ccc(C=NNCCc4ccccc4)cc3)NO2)(OCc2ccccc2)CC1. The first-order valence-corrected chi connectivity index (χ1v) is 14.5. The maximum absolute atomic E-state index is 11.2. The third-order valence-corrected chi connectivity index (χ3v) is 8.00. The van der Waals surface area contributed by atoms with Crippen LogP contribution in [-0.2, 0) is 27.4 Å². The molecule has 0 aliphatic carbocycles. The van der Waals surface area contributed by atoms with Gasteiger partial charge in [0.15, 0.2) is 0 Å². The number of carbonyl (C=O) groups is 1. The van der Waals surface area contributed by atoms with Crippen molar-refractivity contribution in [1.29, 1.82) is 0 Å². The number of nitrogens with zero attached hydrogens (tertiary/aromatic N) is 2. The first-order chi connectivity index (χ1) is 20.1. The highest BCUT2D eigenvalue weighted by Crippen LogP contribution is 2.37. The normalized spacial score (nSPS) is 20.8. The van der Waals surface area contributed by atoms with E-state index in [4.69, 9.17) is 9.57 Å². The number of ether oxygens (including phenoxy) is 1. The summed E-state index contributed by atoms with van der Waals surface area (Å²) in [5.74, 6) is -0.787. The quantitative estimate of drug-likeness (QED) is 0.159. The number of hydrazone groups is 1. The van der Waals surface area contributed by atoms with Gasteiger partial charge in [0, 0.05) is 26.1 Å². The second-order valence-corrected chi connectivity index (χ2v) is 11.0. The van der Waals surface area contributed by atoms with Crippen molar-refractivity contribution in [2.45, 2.75) is 56.5 Å². The molecule has 3 N–H and O–H groups in total. The lowest BCUT2D eigenvalue weighted by molar-refractivity contribution is -0.143. The fourth-order valence-corrected chi connectivity index (χ4v) is 5.65. The summed E-state index contributed by atoms with van der Waals surface area (Å²) in [7, 11) is 0. The Bertz CT molecular complexity index is 1250. The van der Waals surface area contributed by atoms with Crippen LogP contribution in [0.3, 0.4) is 0 Å². The van der Waals surface area contributed by atoms with E-state index in [2.05, 4.69) is 76.7 Å². The molecular weight excluding hydrogens is 516 g/mol. The van der Waals surface area contributed by atoms with Gasteiger partial charge in [-0.1, -0.05) is 84.9 Å². The van der Waals surface area contributed by atoms with Crippen molar-refractivity contribution in [3.63, 3.8) is 0 Å². The van der Waals surface area contributed by atoms with E-state index in [1.807, 2.05) is 35.4 Å². The standard InChI is InChI=1S/C33H40N4O4/c38-32(39)24-37-19-16-33(17-20-37,40-25-28-9-5-2-6-10-28)22-30-21-31(36-41-30)29-13-11-27(12-14-29)23-35-34-18-15-26-7-3-1-4-8-26/h1-14,23,30-31,34,36H,15-22,24-25H2,(H,38,39). The number of rotatable bonds is 13. The molecule has 2 atom stereocenters. The predicted molar refractivity (Wildman–Crippen MR) is 159 cm³/mol. The highest BCUT2D eigenvalue weighted by molar-refractivity contribution is 5.79. The summed E-state index contributed by atoms with van der Waals surface area (Å²) >= 11 is 0. The minimum absolute atomic E-state index is 0.0110. The molecule has 0 saturated carbocycles. The molecule has 0 amide bonds. The van der Waals surface area contributed by atoms with E-state index in [-0.39, 0.29) is 24.3 Å². The number of nitrogens with one attached hydrogen (secondary N) is 2. The van der Waals surface area contributed by atoms with Crippen molar-refractivity contribution < 1.29 is 19.5 Å². The van der Waals surface area contributed by atoms with Gasteiger partial charge in [-0.15, -0.1) is 0 Å². The first-order valence-electron chi connectivity index (χ1n) is 14.5. The molecular formula is C33H40N4O4. The van der Waals surface area contributed by atoms with Crippen LogP contribution in [0.2, 0.25) is 0 Å². The first kappa shape index (κ1) is 29.0. The highest BCUT2D eigenvalue weighted by atomic mass is 16.7. The molecule has 2 aliphatic heterocycles. The van der Waals surface area contributed by atoms with Gasteiger partial charge in [-0.2, -0.15) is 10.6 Å². The van der Waals surface area contributed by atoms with E-state index >= 15 is 0 Å². The number of hydrogen-bond donors (Lipinski definition) is 3. The zero-order valence-electron chi connectivity index (χ0n) is 23.5. The van der Waals surface area contributed by atoms with E-state index < -0.39 is 5.97 Å². The number of likely N-dealkylation sites (tertiary alicyclic amines) is 1. The largest absolute Gasteiger partial charge is 0.480 e. The van der Waals surface area contributed by atoms with Gasteiger partial charge in [-0.25, -0.2) is 0 Å². The van der Waals surface area contributed by atoms with Crippen LogP contribution in [0.5, 0.6) is 0 Å². The summed E-state index contributed by atoms with van der Waals surface area (Å²) in [6.45, 7) is 2.80. The Morgan fingerprint density at radius 1 is 1.02 bits per heavy atom. The molecule has 3 aromatic rings. The van der Waals surface area contributed by atoms with Gasteiger partial charge >= 0.3 is 5.97 Å². The van der Waals surface area contributed by atoms with Crippen molar-refractivity contribution >= 4 is 12.2 Å². The number of carboxylic acid groups (broad SMARTS) is 1. The predicted octanol–water partition coefficient (Wildman–Crippen LogP) is 4.71. The third-order valence-electron chi connectivity index (χ3n) is 8.00. The Morgan fingerprint density at radius 3 is 2.39 bits per heavy atom. The average molecular weight is 557 g/mol. The monoisotopic (exact) mass is 556 g/mol. The summed E-state index contributed by atoms with van der Waals surface area (Å²) in [5, 5.41) is 13.6. The van der Waals surface area contributed by atoms with Crippen LogP contribution in [0.1, 0.15) is 54.0 Å². The van der Waals surface area contributed by atoms with Crippen molar-refractivity contribution in [3.8, 4) is 0 Å². The molecule has 2 saturated heterocycles. The van der Waals surface area contributed by atoms with E-state index in [9.17, 15) is 9.90 Å². The zero-order valence-corrected chi connectivity index (χ0v) is 23.5. The second-order valence-electron chi connectivity index (χ2n) is 11.0. The van der Waals surface area contributed by atoms with Gasteiger partial charge in [-0.3, -0.25) is 14.5 Å². The Hall–Kier alpha value is -3.56. The topological polar surface area (TPSA) is 95.4 Å². The second kappa shape index (κ2) is 14.4. The minimum atomic E-state index is -0.787. The van der Waals surface area contributed by atoms with Crippen LogP contribution in [0.15, 0.2) is 90.0 Å². The van der Waals surface area contributed by atoms with E-state index in [1.165, 1.54) is 11.1 Å². The van der Waals surface area contributed by atoms with E-state index in [0.717, 1.165) is 49.8 Å². The molecule has 0 bridgehead atoms. The molecule has 0 radical (unpaired) electrons. The molecule has 2 heterocycles. The number of hydroxylamine groups is 1. The fraction of sp³-hybridized carbons (Fsp3) is 0.394. The summed E-state index contributed by atoms with van der Waals surface area (Å²) in [6.07, 6.45) is 5.98. The zero-order chi connectivity index (χ0) is 28.3. The van der Waals surface area contributed by atoms with Crippen LogP contribution in [0.25, 0.3) is 0 Å². The third kappa shape index (κ3) is 8.71. The Labute approximate surface area is 242 Å². The maximum atomic E-state index is 11.2. The number of hydrogen-bond acceptors (Lipinski definition) is 7. The van der Waals surface area contributed by atoms with E-state index in [0.29, 0.717) is 19.7 Å². The smallest absolute Gasteiger partial charge is 0.317 e. The van der Waals surface area contributed by atoms with Gasteiger partial charge in [0.05, 0.1) is 37.1 Å². The van der Waals surface area contributed by atoms with Gasteiger partial charge in [0.1, 0.15) is 0 Å². The summed E-state index contributed by atoms with van der Waals surface area (Å²) in [6, 6.07) is 29.1. The van der Waals surface area contributed by atoms with Crippen LogP contribution in [0, 0.1) is 0 Å². The molecule has 0 aromatic heterocycles. The molecule has 41 heavy (non-hydrogen) atoms. The molecule has 8 heteroatoms. The van der Waals surface area contributed by atoms with Gasteiger partial charge in [-0.05, 0) is 47.9 Å². The van der Waals surface area contributed by atoms with Gasteiger partial charge in [0.25, 0.3) is 0 Å². The molecule has 2 fully saturated rings. The molecule has 2 aliphatic rings. The van der Waals surface area contributed by atoms with Crippen LogP contribution in [0.4, 0.5) is 0 Å². The summed E-state index contributed by atoms with van der Waals surface area (Å²) in [5.41, 5.74) is 10.7. The Kier molecular flexibility index (Phi) is 10.1. The van der Waals surface area contributed by atoms with Crippen molar-refractivity contribution in [1.82, 2.24) is 15.8 Å². The molecule has 0 spiro atoms. The maximum Gasteiger partial charge on any atom is 0.317 e. The van der Waals surface area contributed by atoms with Gasteiger partial charge < -0.3 is 15.3 Å². The Balaban J connectivity index is 1.12. The van der Waals surface area contributed by atoms with Gasteiger partial charge in [0.2, 0.25) is 0 Å². The highest BCUT2D eigenvalue weighted by Gasteiger charge is 2.41. The van der Waals surface area contributed by atoms with Crippen molar-refractivity contribution in [2.75, 3.05) is 26.2 Å². The van der Waals surface area contributed by atoms with Crippen LogP contribution in [-0.4, -0.2) is 60.1 Å². The Morgan fingerprint density at radius 2 is 1.71 bits per heavy atom. The molecule has 8 nitrogen and oxygen atoms in total.